The summed E-state index contributed by atoms with van der Waals surface area (Å²) in [4.78, 5) is 22.6. The van der Waals surface area contributed by atoms with E-state index in [0.717, 1.165) is 11.1 Å². The number of allylic oxidation sites excluding steroid dienone is 1. The minimum Gasteiger partial charge on any atom is -0.457 e. The molecule has 0 saturated heterocycles. The Hall–Kier alpha value is -2.16. The Kier molecular flexibility index (Phi) is 5.44. The van der Waals surface area contributed by atoms with Crippen molar-refractivity contribution >= 4 is 23.9 Å². The van der Waals surface area contributed by atoms with E-state index in [4.69, 9.17) is 4.74 Å². The van der Waals surface area contributed by atoms with E-state index in [1.165, 1.54) is 19.1 Å². The first-order valence-corrected chi connectivity index (χ1v) is 6.47. The maximum Gasteiger partial charge on any atom is 0.331 e. The number of esters is 1. The SMILES string of the molecule is CC(=O)/C=C/c1ccccc1/C=C/C(=O)OC(C)(C)C. The van der Waals surface area contributed by atoms with E-state index in [9.17, 15) is 9.59 Å². The van der Waals surface area contributed by atoms with Crippen LogP contribution in [0.3, 0.4) is 0 Å². The quantitative estimate of drug-likeness (QED) is 0.620. The number of hydrogen-bond donors (Lipinski definition) is 0. The number of carbonyl (C=O) groups excluding carboxylic acids is 2. The average molecular weight is 272 g/mol. The molecular weight excluding hydrogens is 252 g/mol. The molecule has 1 aromatic carbocycles. The largest absolute Gasteiger partial charge is 0.457 e. The van der Waals surface area contributed by atoms with Gasteiger partial charge in [-0.3, -0.25) is 4.79 Å². The molecule has 0 aliphatic heterocycles. The second-order valence-electron chi connectivity index (χ2n) is 5.44. The molecule has 0 saturated carbocycles. The maximum absolute atomic E-state index is 11.6. The summed E-state index contributed by atoms with van der Waals surface area (Å²) in [5.74, 6) is -0.404. The van der Waals surface area contributed by atoms with E-state index < -0.39 is 5.60 Å². The van der Waals surface area contributed by atoms with Crippen LogP contribution in [0.4, 0.5) is 0 Å². The van der Waals surface area contributed by atoms with Gasteiger partial charge in [-0.1, -0.05) is 30.3 Å². The molecule has 1 rings (SSSR count). The van der Waals surface area contributed by atoms with E-state index in [-0.39, 0.29) is 11.8 Å². The van der Waals surface area contributed by atoms with Gasteiger partial charge in [0.25, 0.3) is 0 Å². The second kappa shape index (κ2) is 6.85. The van der Waals surface area contributed by atoms with Gasteiger partial charge in [-0.2, -0.15) is 0 Å². The third-order valence-electron chi connectivity index (χ3n) is 2.30. The summed E-state index contributed by atoms with van der Waals surface area (Å²) in [7, 11) is 0. The van der Waals surface area contributed by atoms with Gasteiger partial charge < -0.3 is 4.74 Å². The summed E-state index contributed by atoms with van der Waals surface area (Å²) in [6.07, 6.45) is 6.32. The van der Waals surface area contributed by atoms with Crippen LogP contribution in [0.1, 0.15) is 38.8 Å². The van der Waals surface area contributed by atoms with Crippen LogP contribution in [-0.2, 0) is 14.3 Å². The molecule has 3 heteroatoms. The van der Waals surface area contributed by atoms with Gasteiger partial charge in [0, 0.05) is 6.08 Å². The van der Waals surface area contributed by atoms with Crippen molar-refractivity contribution in [3.05, 3.63) is 47.5 Å². The first-order chi connectivity index (χ1) is 9.28. The molecule has 0 aliphatic rings. The molecule has 0 aromatic heterocycles. The highest BCUT2D eigenvalue weighted by molar-refractivity contribution is 5.93. The van der Waals surface area contributed by atoms with Crippen molar-refractivity contribution < 1.29 is 14.3 Å². The maximum atomic E-state index is 11.6. The molecule has 0 amide bonds. The van der Waals surface area contributed by atoms with Crippen molar-refractivity contribution in [3.8, 4) is 0 Å². The predicted molar refractivity (Wildman–Crippen MR) is 81.0 cm³/mol. The standard InChI is InChI=1S/C17H20O3/c1-13(18)9-10-14-7-5-6-8-15(14)11-12-16(19)20-17(2,3)4/h5-12H,1-4H3/b10-9+,12-11+. The number of carbonyl (C=O) groups is 2. The first kappa shape index (κ1) is 15.9. The molecule has 0 heterocycles. The smallest absolute Gasteiger partial charge is 0.331 e. The lowest BCUT2D eigenvalue weighted by molar-refractivity contribution is -0.148. The zero-order chi connectivity index (χ0) is 15.2. The van der Waals surface area contributed by atoms with Gasteiger partial charge in [-0.15, -0.1) is 0 Å². The Morgan fingerprint density at radius 1 is 1.00 bits per heavy atom. The molecule has 1 aromatic rings. The van der Waals surface area contributed by atoms with Crippen LogP contribution < -0.4 is 0 Å². The van der Waals surface area contributed by atoms with Crippen molar-refractivity contribution in [2.75, 3.05) is 0 Å². The summed E-state index contributed by atoms with van der Waals surface area (Å²) in [5.41, 5.74) is 1.23. The second-order valence-corrected chi connectivity index (χ2v) is 5.44. The molecule has 20 heavy (non-hydrogen) atoms. The average Bonchev–Trinajstić information content (AvgIpc) is 2.32. The molecule has 0 fully saturated rings. The number of rotatable bonds is 4. The lowest BCUT2D eigenvalue weighted by Crippen LogP contribution is -2.22. The van der Waals surface area contributed by atoms with Crippen LogP contribution in [0.2, 0.25) is 0 Å². The fraction of sp³-hybridized carbons (Fsp3) is 0.294. The monoisotopic (exact) mass is 272 g/mol. The highest BCUT2D eigenvalue weighted by Gasteiger charge is 2.13. The Morgan fingerprint density at radius 3 is 1.95 bits per heavy atom. The highest BCUT2D eigenvalue weighted by Crippen LogP contribution is 2.14. The van der Waals surface area contributed by atoms with Crippen molar-refractivity contribution in [3.63, 3.8) is 0 Å². The molecule has 0 spiro atoms. The molecule has 0 atom stereocenters. The zero-order valence-corrected chi connectivity index (χ0v) is 12.3. The molecule has 0 radical (unpaired) electrons. The Bertz CT molecular complexity index is 546. The molecule has 0 unspecified atom stereocenters. The third kappa shape index (κ3) is 6.14. The van der Waals surface area contributed by atoms with Crippen LogP contribution >= 0.6 is 0 Å². The Morgan fingerprint density at radius 2 is 1.50 bits per heavy atom. The Balaban J connectivity index is 2.87. The van der Waals surface area contributed by atoms with Crippen LogP contribution in [0.15, 0.2) is 36.4 Å². The van der Waals surface area contributed by atoms with Gasteiger partial charge in [-0.25, -0.2) is 4.79 Å². The minimum absolute atomic E-state index is 0.0177. The van der Waals surface area contributed by atoms with Crippen LogP contribution in [0, 0.1) is 0 Å². The molecule has 0 bridgehead atoms. The number of benzene rings is 1. The summed E-state index contributed by atoms with van der Waals surface area (Å²) in [5, 5.41) is 0. The lowest BCUT2D eigenvalue weighted by atomic mass is 10.1. The Labute approximate surface area is 120 Å². The summed E-state index contributed by atoms with van der Waals surface area (Å²) in [6.45, 7) is 6.96. The predicted octanol–water partition coefficient (Wildman–Crippen LogP) is 3.64. The minimum atomic E-state index is -0.504. The van der Waals surface area contributed by atoms with Crippen molar-refractivity contribution in [1.29, 1.82) is 0 Å². The van der Waals surface area contributed by atoms with Crippen LogP contribution in [-0.4, -0.2) is 17.4 Å². The summed E-state index contributed by atoms with van der Waals surface area (Å²) >= 11 is 0. The van der Waals surface area contributed by atoms with Gasteiger partial charge in [-0.05, 0) is 51.0 Å². The van der Waals surface area contributed by atoms with Gasteiger partial charge in [0.15, 0.2) is 5.78 Å². The molecule has 106 valence electrons. The van der Waals surface area contributed by atoms with Gasteiger partial charge in [0.1, 0.15) is 5.60 Å². The fourth-order valence-electron chi connectivity index (χ4n) is 1.52. The molecule has 3 nitrogen and oxygen atoms in total. The van der Waals surface area contributed by atoms with E-state index >= 15 is 0 Å². The highest BCUT2D eigenvalue weighted by atomic mass is 16.6. The van der Waals surface area contributed by atoms with E-state index in [0.29, 0.717) is 0 Å². The molecule has 0 N–H and O–H groups in total. The van der Waals surface area contributed by atoms with Crippen molar-refractivity contribution in [2.45, 2.75) is 33.3 Å². The van der Waals surface area contributed by atoms with Gasteiger partial charge >= 0.3 is 5.97 Å². The van der Waals surface area contributed by atoms with E-state index in [2.05, 4.69) is 0 Å². The van der Waals surface area contributed by atoms with Crippen molar-refractivity contribution in [2.24, 2.45) is 0 Å². The third-order valence-corrected chi connectivity index (χ3v) is 2.30. The number of ketones is 1. The number of ether oxygens (including phenoxy) is 1. The van der Waals surface area contributed by atoms with Crippen LogP contribution in [0.5, 0.6) is 0 Å². The zero-order valence-electron chi connectivity index (χ0n) is 12.3. The summed E-state index contributed by atoms with van der Waals surface area (Å²) < 4.78 is 5.20. The van der Waals surface area contributed by atoms with Gasteiger partial charge in [0.2, 0.25) is 0 Å². The van der Waals surface area contributed by atoms with E-state index in [1.807, 2.05) is 45.0 Å². The first-order valence-electron chi connectivity index (χ1n) is 6.47. The topological polar surface area (TPSA) is 43.4 Å². The van der Waals surface area contributed by atoms with Crippen molar-refractivity contribution in [1.82, 2.24) is 0 Å². The number of hydrogen-bond acceptors (Lipinski definition) is 3. The molecular formula is C17H20O3. The molecule has 0 aliphatic carbocycles. The summed E-state index contributed by atoms with van der Waals surface area (Å²) in [6, 6.07) is 7.51. The lowest BCUT2D eigenvalue weighted by Gasteiger charge is -2.17. The normalized spacial score (nSPS) is 12.0. The van der Waals surface area contributed by atoms with Gasteiger partial charge in [0.05, 0.1) is 0 Å². The fourth-order valence-corrected chi connectivity index (χ4v) is 1.52. The van der Waals surface area contributed by atoms with E-state index in [1.54, 1.807) is 12.2 Å². The van der Waals surface area contributed by atoms with Crippen LogP contribution in [0.25, 0.3) is 12.2 Å².